The minimum Gasteiger partial charge on any atom is -0.378 e. The van der Waals surface area contributed by atoms with Crippen LogP contribution in [-0.4, -0.2) is 10.7 Å². The Morgan fingerprint density at radius 1 is 0.439 bits per heavy atom. The SMILES string of the molecule is CC(C)(O)C#Cc1ccc(-c2c3[nH+]c(c(-c4ccc(I)cc4)c4ccc(s4)c(-c4ccc(I)cc4)c4[nH+]c(c(-c5ccc(I)cc5)c5ccc2s5)C=C4)C=C3)cc1. The molecule has 8 heteroatoms. The Balaban J connectivity index is 1.42. The van der Waals surface area contributed by atoms with Crippen molar-refractivity contribution in [2.45, 2.75) is 19.4 Å². The lowest BCUT2D eigenvalue weighted by molar-refractivity contribution is -0.378. The van der Waals surface area contributed by atoms with Gasteiger partial charge in [0.1, 0.15) is 5.60 Å². The number of hydrogen-bond donors (Lipinski definition) is 1. The van der Waals surface area contributed by atoms with Gasteiger partial charge in [0.2, 0.25) is 22.8 Å². The summed E-state index contributed by atoms with van der Waals surface area (Å²) in [6, 6.07) is 43.9. The van der Waals surface area contributed by atoms with E-state index in [-0.39, 0.29) is 0 Å². The maximum Gasteiger partial charge on any atom is 0.213 e. The normalized spacial score (nSPS) is 12.1. The molecule has 2 aliphatic heterocycles. The average molecular weight is 1110 g/mol. The summed E-state index contributed by atoms with van der Waals surface area (Å²) in [6.07, 6.45) is 8.91. The highest BCUT2D eigenvalue weighted by atomic mass is 127. The predicted octanol–water partition coefficient (Wildman–Crippen LogP) is 13.6. The minimum absolute atomic E-state index is 0.856. The van der Waals surface area contributed by atoms with E-state index in [2.05, 4.69) is 223 Å². The number of aromatic amines is 2. The van der Waals surface area contributed by atoms with Crippen LogP contribution in [0.15, 0.2) is 121 Å². The number of thiophene rings is 2. The summed E-state index contributed by atoms with van der Waals surface area (Å²) in [5, 5.41) is 10.2. The van der Waals surface area contributed by atoms with E-state index in [1.165, 1.54) is 35.9 Å². The van der Waals surface area contributed by atoms with Crippen molar-refractivity contribution in [2.75, 3.05) is 0 Å². The molecule has 0 fully saturated rings. The van der Waals surface area contributed by atoms with E-state index in [0.717, 1.165) is 66.4 Å². The van der Waals surface area contributed by atoms with E-state index in [4.69, 9.17) is 0 Å². The summed E-state index contributed by atoms with van der Waals surface area (Å²) >= 11 is 10.8. The van der Waals surface area contributed by atoms with Crippen LogP contribution in [0.5, 0.6) is 0 Å². The molecule has 0 saturated carbocycles. The number of halogens is 3. The minimum atomic E-state index is -1.07. The molecule has 0 unspecified atom stereocenters. The van der Waals surface area contributed by atoms with Crippen LogP contribution in [0.4, 0.5) is 0 Å². The van der Waals surface area contributed by atoms with Gasteiger partial charge in [0, 0.05) is 59.4 Å². The largest absolute Gasteiger partial charge is 0.378 e. The molecule has 8 bridgehead atoms. The molecule has 57 heavy (non-hydrogen) atoms. The predicted molar refractivity (Wildman–Crippen MR) is 267 cm³/mol. The molecule has 0 amide bonds. The van der Waals surface area contributed by atoms with Crippen molar-refractivity contribution in [1.29, 1.82) is 0 Å². The maximum atomic E-state index is 10.2. The van der Waals surface area contributed by atoms with Crippen LogP contribution in [0.25, 0.3) is 87.6 Å². The van der Waals surface area contributed by atoms with Gasteiger partial charge < -0.3 is 5.11 Å². The monoisotopic (exact) mass is 1110 g/mol. The van der Waals surface area contributed by atoms with Crippen LogP contribution in [0, 0.1) is 22.6 Å². The van der Waals surface area contributed by atoms with Gasteiger partial charge in [-0.15, -0.1) is 22.7 Å². The van der Waals surface area contributed by atoms with Crippen LogP contribution < -0.4 is 9.97 Å². The number of hydrogen-bond acceptors (Lipinski definition) is 3. The average Bonchev–Trinajstić information content (AvgIpc) is 4.04. The highest BCUT2D eigenvalue weighted by Crippen LogP contribution is 2.41. The maximum absolute atomic E-state index is 10.2. The van der Waals surface area contributed by atoms with E-state index < -0.39 is 5.60 Å². The second-order valence-corrected chi connectivity index (χ2v) is 20.2. The molecule has 2 aliphatic rings. The first-order chi connectivity index (χ1) is 27.6. The molecular formula is C49H33I3N2OS2+2. The molecule has 9 rings (SSSR count). The van der Waals surface area contributed by atoms with Crippen LogP contribution in [0.1, 0.15) is 42.2 Å². The molecule has 276 valence electrons. The van der Waals surface area contributed by atoms with Crippen molar-refractivity contribution >= 4 is 134 Å². The Labute approximate surface area is 380 Å². The fourth-order valence-electron chi connectivity index (χ4n) is 7.10. The highest BCUT2D eigenvalue weighted by Gasteiger charge is 2.24. The number of aromatic nitrogens is 2. The lowest BCUT2D eigenvalue weighted by Crippen LogP contribution is -2.14. The topological polar surface area (TPSA) is 48.5 Å². The molecule has 3 N–H and O–H groups in total. The number of aliphatic hydroxyl groups is 1. The van der Waals surface area contributed by atoms with Gasteiger partial charge in [0.15, 0.2) is 0 Å². The molecule has 0 radical (unpaired) electrons. The summed E-state index contributed by atoms with van der Waals surface area (Å²) in [5.41, 5.74) is 13.2. The first kappa shape index (κ1) is 38.5. The Kier molecular flexibility index (Phi) is 10.8. The van der Waals surface area contributed by atoms with Crippen LogP contribution in [0.3, 0.4) is 0 Å². The van der Waals surface area contributed by atoms with Crippen LogP contribution in [-0.2, 0) is 0 Å². The van der Waals surface area contributed by atoms with Crippen molar-refractivity contribution in [3.05, 3.63) is 160 Å². The van der Waals surface area contributed by atoms with Gasteiger partial charge in [-0.3, -0.25) is 0 Å². The third kappa shape index (κ3) is 8.20. The van der Waals surface area contributed by atoms with Gasteiger partial charge in [-0.05, 0) is 177 Å². The van der Waals surface area contributed by atoms with Crippen molar-refractivity contribution in [3.8, 4) is 56.3 Å². The van der Waals surface area contributed by atoms with Gasteiger partial charge >= 0.3 is 0 Å². The Bertz CT molecular complexity index is 2950. The quantitative estimate of drug-likeness (QED) is 0.139. The van der Waals surface area contributed by atoms with E-state index in [1.54, 1.807) is 25.2 Å². The van der Waals surface area contributed by atoms with E-state index in [9.17, 15) is 5.11 Å². The standard InChI is InChI=1S/C49H31I3N2OS2/c1-49(2,55)28-27-29-3-5-30(6-4-29)45-37-19-20-38(53-37)46(31-7-13-34(50)14-8-31)43-25-26-44(57-43)48(33-11-17-36(52)18-12-33)40-22-21-39(54-40)47(42-24-23-41(45)56-42)32-9-15-35(51)16-10-32/h3-26,55H,1-2H3/p+2. The van der Waals surface area contributed by atoms with Gasteiger partial charge in [0.05, 0.1) is 22.3 Å². The summed E-state index contributed by atoms with van der Waals surface area (Å²) in [5.74, 6) is 6.09. The van der Waals surface area contributed by atoms with Gasteiger partial charge in [-0.25, -0.2) is 9.97 Å². The molecule has 0 spiro atoms. The summed E-state index contributed by atoms with van der Waals surface area (Å²) in [7, 11) is 0. The zero-order chi connectivity index (χ0) is 39.3. The second-order valence-electron chi connectivity index (χ2n) is 14.3. The third-order valence-electron chi connectivity index (χ3n) is 9.73. The molecule has 4 aromatic carbocycles. The zero-order valence-corrected chi connectivity index (χ0v) is 38.9. The molecule has 0 saturated heterocycles. The summed E-state index contributed by atoms with van der Waals surface area (Å²) < 4.78 is 8.29. The van der Waals surface area contributed by atoms with Gasteiger partial charge in [-0.2, -0.15) is 0 Å². The van der Waals surface area contributed by atoms with Gasteiger partial charge in [-0.1, -0.05) is 60.4 Å². The zero-order valence-electron chi connectivity index (χ0n) is 30.8. The summed E-state index contributed by atoms with van der Waals surface area (Å²) in [4.78, 5) is 7.84. The molecule has 5 heterocycles. The number of nitrogens with one attached hydrogen (secondary N) is 2. The molecule has 7 aromatic rings. The fourth-order valence-corrected chi connectivity index (χ4v) is 10.5. The Morgan fingerprint density at radius 3 is 1.00 bits per heavy atom. The number of benzene rings is 4. The smallest absolute Gasteiger partial charge is 0.213 e. The summed E-state index contributed by atoms with van der Waals surface area (Å²) in [6.45, 7) is 3.41. The lowest BCUT2D eigenvalue weighted by atomic mass is 10.0. The second kappa shape index (κ2) is 16.0. The van der Waals surface area contributed by atoms with E-state index in [1.807, 2.05) is 23.5 Å². The van der Waals surface area contributed by atoms with Crippen molar-refractivity contribution in [1.82, 2.24) is 0 Å². The number of rotatable bonds is 4. The first-order valence-corrected chi connectivity index (χ1v) is 23.2. The van der Waals surface area contributed by atoms with Crippen molar-refractivity contribution in [2.24, 2.45) is 0 Å². The third-order valence-corrected chi connectivity index (χ3v) is 14.1. The molecular weight excluding hydrogens is 1080 g/mol. The number of fused-ring (bicyclic) bond motifs is 8. The number of H-pyrrole nitrogens is 2. The molecule has 0 aliphatic carbocycles. The Morgan fingerprint density at radius 2 is 0.719 bits per heavy atom. The van der Waals surface area contributed by atoms with Gasteiger partial charge in [0.25, 0.3) is 0 Å². The Hall–Kier alpha value is -3.97. The van der Waals surface area contributed by atoms with Crippen LogP contribution in [0.2, 0.25) is 0 Å². The lowest BCUT2D eigenvalue weighted by Gasteiger charge is -2.06. The van der Waals surface area contributed by atoms with Crippen molar-refractivity contribution < 1.29 is 15.1 Å². The molecule has 3 nitrogen and oxygen atoms in total. The molecule has 3 aromatic heterocycles. The van der Waals surface area contributed by atoms with E-state index in [0.29, 0.717) is 0 Å². The van der Waals surface area contributed by atoms with Crippen molar-refractivity contribution in [3.63, 3.8) is 0 Å². The highest BCUT2D eigenvalue weighted by molar-refractivity contribution is 14.1. The van der Waals surface area contributed by atoms with Crippen LogP contribution >= 0.6 is 90.4 Å². The molecule has 0 atom stereocenters. The fraction of sp³-hybridized carbons (Fsp3) is 0.0612. The first-order valence-electron chi connectivity index (χ1n) is 18.3. The van der Waals surface area contributed by atoms with E-state index >= 15 is 0 Å².